The molecule has 4 rings (SSSR count). The minimum atomic E-state index is -3.84. The summed E-state index contributed by atoms with van der Waals surface area (Å²) in [6, 6.07) is 6.34. The number of aryl methyl sites for hydroxylation is 1. The predicted molar refractivity (Wildman–Crippen MR) is 114 cm³/mol. The van der Waals surface area contributed by atoms with Crippen LogP contribution >= 0.6 is 11.3 Å². The third-order valence-electron chi connectivity index (χ3n) is 5.12. The Bertz CT molecular complexity index is 1440. The number of hydrogen-bond acceptors (Lipinski definition) is 7. The molecule has 0 unspecified atom stereocenters. The van der Waals surface area contributed by atoms with E-state index in [-0.39, 0.29) is 53.4 Å². The Hall–Kier alpha value is -3.03. The highest BCUT2D eigenvalue weighted by Crippen LogP contribution is 2.22. The number of sulfonamides is 1. The van der Waals surface area contributed by atoms with Crippen LogP contribution < -0.4 is 16.0 Å². The van der Waals surface area contributed by atoms with E-state index >= 15 is 0 Å². The smallest absolute Gasteiger partial charge is 0.305 e. The van der Waals surface area contributed by atoms with Gasteiger partial charge in [-0.3, -0.25) is 24.3 Å². The van der Waals surface area contributed by atoms with Gasteiger partial charge in [-0.25, -0.2) is 13.1 Å². The van der Waals surface area contributed by atoms with Gasteiger partial charge in [-0.1, -0.05) is 23.5 Å². The van der Waals surface area contributed by atoms with Gasteiger partial charge in [0.1, 0.15) is 6.54 Å². The molecule has 0 radical (unpaired) electrons. The summed E-state index contributed by atoms with van der Waals surface area (Å²) in [5.41, 5.74) is -0.671. The van der Waals surface area contributed by atoms with Crippen LogP contribution in [0.5, 0.6) is 0 Å². The molecule has 0 spiro atoms. The fourth-order valence-electron chi connectivity index (χ4n) is 3.52. The summed E-state index contributed by atoms with van der Waals surface area (Å²) in [7, 11) is -3.84. The fraction of sp³-hybridized carbons (Fsp3) is 0.333. The zero-order valence-corrected chi connectivity index (χ0v) is 18.1. The lowest BCUT2D eigenvalue weighted by atomic mass is 10.2. The number of carbonyl (C=O) groups is 1. The van der Waals surface area contributed by atoms with Crippen molar-refractivity contribution in [3.8, 4) is 0 Å². The summed E-state index contributed by atoms with van der Waals surface area (Å²) in [5.74, 6) is -0.410. The maximum absolute atomic E-state index is 12.8. The molecule has 2 aromatic heterocycles. The first kappa shape index (κ1) is 21.2. The Morgan fingerprint density at radius 2 is 1.71 bits per heavy atom. The topological polar surface area (TPSA) is 145 Å². The van der Waals surface area contributed by atoms with E-state index in [1.807, 2.05) is 0 Å². The fourth-order valence-corrected chi connectivity index (χ4v) is 6.38. The Morgan fingerprint density at radius 3 is 2.32 bits per heavy atom. The average molecular weight is 466 g/mol. The Balaban J connectivity index is 1.48. The average Bonchev–Trinajstić information content (AvgIpc) is 3.10. The van der Waals surface area contributed by atoms with E-state index in [2.05, 4.69) is 10.1 Å². The number of aromatic nitrogens is 3. The van der Waals surface area contributed by atoms with Crippen LogP contribution in [0.4, 0.5) is 0 Å². The summed E-state index contributed by atoms with van der Waals surface area (Å²) in [6.45, 7) is 1.54. The van der Waals surface area contributed by atoms with Crippen LogP contribution in [-0.4, -0.2) is 64.5 Å². The summed E-state index contributed by atoms with van der Waals surface area (Å²) >= 11 is 0.635. The monoisotopic (exact) mass is 465 g/mol. The van der Waals surface area contributed by atoms with Gasteiger partial charge in [0.05, 0.1) is 10.8 Å². The van der Waals surface area contributed by atoms with Gasteiger partial charge in [-0.15, -0.1) is 0 Å². The molecule has 1 aliphatic rings. The minimum absolute atomic E-state index is 0.0300. The molecule has 2 N–H and O–H groups in total. The van der Waals surface area contributed by atoms with Gasteiger partial charge >= 0.3 is 4.87 Å². The van der Waals surface area contributed by atoms with Crippen LogP contribution in [0.25, 0.3) is 10.8 Å². The summed E-state index contributed by atoms with van der Waals surface area (Å²) in [6.07, 6.45) is 0. The van der Waals surface area contributed by atoms with Gasteiger partial charge in [0.15, 0.2) is 4.21 Å². The van der Waals surface area contributed by atoms with Gasteiger partial charge in [0, 0.05) is 31.9 Å². The molecule has 1 aromatic carbocycles. The van der Waals surface area contributed by atoms with Crippen LogP contribution in [-0.2, 0) is 21.4 Å². The van der Waals surface area contributed by atoms with Crippen LogP contribution in [0.1, 0.15) is 5.69 Å². The van der Waals surface area contributed by atoms with Crippen LogP contribution in [0.3, 0.4) is 0 Å². The molecule has 1 fully saturated rings. The highest BCUT2D eigenvalue weighted by Gasteiger charge is 2.32. The zero-order valence-electron chi connectivity index (χ0n) is 16.5. The van der Waals surface area contributed by atoms with E-state index in [0.717, 1.165) is 4.68 Å². The number of aromatic amines is 2. The molecule has 3 heterocycles. The molecule has 11 nitrogen and oxygen atoms in total. The van der Waals surface area contributed by atoms with Gasteiger partial charge in [0.2, 0.25) is 5.91 Å². The van der Waals surface area contributed by atoms with Gasteiger partial charge in [-0.2, -0.15) is 4.31 Å². The van der Waals surface area contributed by atoms with Crippen molar-refractivity contribution in [2.24, 2.45) is 0 Å². The maximum atomic E-state index is 12.8. The molecule has 164 valence electrons. The van der Waals surface area contributed by atoms with E-state index < -0.39 is 31.9 Å². The number of nitrogens with zero attached hydrogens (tertiary/aromatic N) is 3. The van der Waals surface area contributed by atoms with Crippen molar-refractivity contribution < 1.29 is 13.2 Å². The molecule has 0 bridgehead atoms. The van der Waals surface area contributed by atoms with E-state index in [1.54, 1.807) is 12.1 Å². The third kappa shape index (κ3) is 3.86. The number of carbonyl (C=O) groups excluding carboxylic acids is 1. The lowest BCUT2D eigenvalue weighted by Crippen LogP contribution is -2.51. The van der Waals surface area contributed by atoms with Crippen molar-refractivity contribution in [1.82, 2.24) is 24.0 Å². The number of piperazine rings is 1. The molecule has 0 aliphatic carbocycles. The van der Waals surface area contributed by atoms with Crippen molar-refractivity contribution in [1.29, 1.82) is 0 Å². The van der Waals surface area contributed by atoms with Crippen molar-refractivity contribution in [3.05, 3.63) is 60.3 Å². The van der Waals surface area contributed by atoms with E-state index in [4.69, 9.17) is 0 Å². The molecule has 31 heavy (non-hydrogen) atoms. The first-order valence-electron chi connectivity index (χ1n) is 9.38. The lowest BCUT2D eigenvalue weighted by Gasteiger charge is -2.33. The minimum Gasteiger partial charge on any atom is -0.338 e. The van der Waals surface area contributed by atoms with E-state index in [9.17, 15) is 27.6 Å². The largest absolute Gasteiger partial charge is 0.338 e. The Kier molecular flexibility index (Phi) is 5.41. The SMILES string of the molecule is Cc1[nH]c(=O)sc1S(=O)(=O)N1CCN(C(=O)Cn2[nH]c(=O)c3ccccc3c2=O)CC1. The van der Waals surface area contributed by atoms with Crippen molar-refractivity contribution in [2.75, 3.05) is 26.2 Å². The number of rotatable bonds is 4. The quantitative estimate of drug-likeness (QED) is 0.520. The number of fused-ring (bicyclic) bond motifs is 1. The number of nitrogens with one attached hydrogen (secondary N) is 2. The second-order valence-electron chi connectivity index (χ2n) is 7.09. The number of benzene rings is 1. The Morgan fingerprint density at radius 1 is 1.06 bits per heavy atom. The highest BCUT2D eigenvalue weighted by atomic mass is 32.2. The molecule has 1 aliphatic heterocycles. The van der Waals surface area contributed by atoms with Crippen LogP contribution in [0, 0.1) is 6.92 Å². The molecule has 1 amide bonds. The second-order valence-corrected chi connectivity index (χ2v) is 10.2. The normalized spacial score (nSPS) is 15.5. The first-order valence-corrected chi connectivity index (χ1v) is 11.6. The standard InChI is InChI=1S/C18H19N5O6S2/c1-11-17(30-18(27)19-11)31(28,29)22-8-6-21(7-9-22)14(24)10-23-16(26)13-5-3-2-4-12(13)15(25)20-23/h2-5H,6-10H2,1H3,(H,19,27)(H,20,25). The van der Waals surface area contributed by atoms with E-state index in [1.165, 1.54) is 28.3 Å². The Labute approximate surface area is 179 Å². The molecular formula is C18H19N5O6S2. The molecule has 0 atom stereocenters. The second kappa shape index (κ2) is 7.90. The predicted octanol–water partition coefficient (Wildman–Crippen LogP) is -0.719. The van der Waals surface area contributed by atoms with Gasteiger partial charge < -0.3 is 9.88 Å². The number of thiazole rings is 1. The maximum Gasteiger partial charge on any atom is 0.305 e. The number of amides is 1. The molecule has 13 heteroatoms. The van der Waals surface area contributed by atoms with E-state index in [0.29, 0.717) is 11.3 Å². The summed E-state index contributed by atoms with van der Waals surface area (Å²) in [5, 5.41) is 2.88. The van der Waals surface area contributed by atoms with Crippen molar-refractivity contribution >= 4 is 38.0 Å². The van der Waals surface area contributed by atoms with Crippen LogP contribution in [0.15, 0.2) is 42.9 Å². The number of H-pyrrole nitrogens is 2. The van der Waals surface area contributed by atoms with Crippen LogP contribution in [0.2, 0.25) is 0 Å². The molecule has 3 aromatic rings. The van der Waals surface area contributed by atoms with Crippen molar-refractivity contribution in [3.63, 3.8) is 0 Å². The zero-order chi connectivity index (χ0) is 22.3. The molecular weight excluding hydrogens is 446 g/mol. The lowest BCUT2D eigenvalue weighted by molar-refractivity contribution is -0.133. The summed E-state index contributed by atoms with van der Waals surface area (Å²) in [4.78, 5) is 52.4. The first-order chi connectivity index (χ1) is 14.7. The molecule has 0 saturated carbocycles. The number of hydrogen-bond donors (Lipinski definition) is 2. The molecule has 1 saturated heterocycles. The van der Waals surface area contributed by atoms with Gasteiger partial charge in [0.25, 0.3) is 21.1 Å². The summed E-state index contributed by atoms with van der Waals surface area (Å²) < 4.78 is 27.7. The third-order valence-corrected chi connectivity index (χ3v) is 8.60. The van der Waals surface area contributed by atoms with Gasteiger partial charge in [-0.05, 0) is 19.1 Å². The highest BCUT2D eigenvalue weighted by molar-refractivity contribution is 7.91. The van der Waals surface area contributed by atoms with Crippen molar-refractivity contribution in [2.45, 2.75) is 17.7 Å².